The summed E-state index contributed by atoms with van der Waals surface area (Å²) in [5.74, 6) is -4.07. The van der Waals surface area contributed by atoms with Crippen LogP contribution in [-0.2, 0) is 14.3 Å². The van der Waals surface area contributed by atoms with E-state index in [4.69, 9.17) is 4.74 Å². The number of hydrogen-bond donors (Lipinski definition) is 1. The van der Waals surface area contributed by atoms with Gasteiger partial charge in [-0.1, -0.05) is 13.0 Å². The Kier molecular flexibility index (Phi) is 5.00. The number of rotatable bonds is 3. The molecule has 0 heterocycles. The van der Waals surface area contributed by atoms with Gasteiger partial charge in [0.1, 0.15) is 17.9 Å². The van der Waals surface area contributed by atoms with Crippen LogP contribution in [0.4, 0.5) is 13.2 Å². The molecule has 3 saturated carbocycles. The van der Waals surface area contributed by atoms with Crippen molar-refractivity contribution in [3.63, 3.8) is 0 Å². The number of fused-ring (bicyclic) bond motifs is 5. The van der Waals surface area contributed by atoms with E-state index < -0.39 is 58.2 Å². The van der Waals surface area contributed by atoms with Crippen molar-refractivity contribution in [2.24, 2.45) is 28.6 Å². The summed E-state index contributed by atoms with van der Waals surface area (Å²) >= 11 is 0. The number of hydrogen-bond acceptors (Lipinski definition) is 4. The first-order valence-electron chi connectivity index (χ1n) is 10.8. The highest BCUT2D eigenvalue weighted by Gasteiger charge is 2.69. The lowest BCUT2D eigenvalue weighted by Gasteiger charge is -2.60. The van der Waals surface area contributed by atoms with Gasteiger partial charge in [0.15, 0.2) is 5.83 Å². The minimum atomic E-state index is -1.87. The van der Waals surface area contributed by atoms with Crippen molar-refractivity contribution >= 4 is 11.8 Å². The summed E-state index contributed by atoms with van der Waals surface area (Å²) in [6, 6.07) is 0. The molecule has 4 nitrogen and oxygen atoms in total. The largest absolute Gasteiger partial charge is 0.462 e. The van der Waals surface area contributed by atoms with Gasteiger partial charge in [0.05, 0.1) is 12.5 Å². The highest BCUT2D eigenvalue weighted by atomic mass is 19.2. The fraction of sp³-hybridized carbons (Fsp3) is 0.739. The predicted octanol–water partition coefficient (Wildman–Crippen LogP) is 4.17. The van der Waals surface area contributed by atoms with Crippen molar-refractivity contribution in [2.75, 3.05) is 6.61 Å². The van der Waals surface area contributed by atoms with Gasteiger partial charge >= 0.3 is 5.97 Å². The molecule has 0 aromatic heterocycles. The van der Waals surface area contributed by atoms with E-state index in [9.17, 15) is 19.1 Å². The Hall–Kier alpha value is -1.63. The third-order valence-corrected chi connectivity index (χ3v) is 8.58. The van der Waals surface area contributed by atoms with Gasteiger partial charge in [0.25, 0.3) is 0 Å². The minimum absolute atomic E-state index is 0.0762. The average molecular weight is 426 g/mol. The Morgan fingerprint density at radius 3 is 2.67 bits per heavy atom. The molecule has 30 heavy (non-hydrogen) atoms. The van der Waals surface area contributed by atoms with Crippen LogP contribution in [0.2, 0.25) is 0 Å². The van der Waals surface area contributed by atoms with Crippen molar-refractivity contribution < 1.29 is 32.6 Å². The number of aliphatic hydroxyl groups is 1. The van der Waals surface area contributed by atoms with Crippen molar-refractivity contribution in [3.8, 4) is 0 Å². The number of aliphatic hydroxyl groups excluding tert-OH is 1. The molecule has 1 unspecified atom stereocenters. The lowest BCUT2D eigenvalue weighted by molar-refractivity contribution is -0.174. The molecule has 0 spiro atoms. The molecule has 0 amide bonds. The summed E-state index contributed by atoms with van der Waals surface area (Å²) < 4.78 is 52.2. The monoisotopic (exact) mass is 426 g/mol. The van der Waals surface area contributed by atoms with E-state index >= 15 is 8.78 Å². The Morgan fingerprint density at radius 2 is 2.00 bits per heavy atom. The van der Waals surface area contributed by atoms with Crippen LogP contribution in [0.15, 0.2) is 23.6 Å². The van der Waals surface area contributed by atoms with Gasteiger partial charge in [-0.2, -0.15) is 0 Å². The molecule has 4 rings (SSSR count). The Labute approximate surface area is 174 Å². The van der Waals surface area contributed by atoms with Gasteiger partial charge in [-0.3, -0.25) is 9.59 Å². The van der Waals surface area contributed by atoms with Crippen LogP contribution in [-0.4, -0.2) is 41.4 Å². The second-order valence-electron chi connectivity index (χ2n) is 10.00. The van der Waals surface area contributed by atoms with Crippen molar-refractivity contribution in [3.05, 3.63) is 23.6 Å². The molecular formula is C23H29F3O4. The number of carbonyl (C=O) groups is 2. The number of ether oxygens (including phenoxy) is 1. The number of carbonyl (C=O) groups excluding carboxylic acids is 2. The summed E-state index contributed by atoms with van der Waals surface area (Å²) in [5.41, 5.74) is -4.24. The summed E-state index contributed by atoms with van der Waals surface area (Å²) in [6.45, 7) is 4.74. The van der Waals surface area contributed by atoms with E-state index in [1.165, 1.54) is 13.0 Å². The van der Waals surface area contributed by atoms with Crippen LogP contribution in [0.25, 0.3) is 0 Å². The van der Waals surface area contributed by atoms with Crippen LogP contribution in [0.5, 0.6) is 0 Å². The maximum absolute atomic E-state index is 16.7. The molecular weight excluding hydrogens is 397 g/mol. The van der Waals surface area contributed by atoms with Crippen LogP contribution in [0, 0.1) is 28.6 Å². The number of esters is 1. The average Bonchev–Trinajstić information content (AvgIpc) is 3.02. The van der Waals surface area contributed by atoms with Crippen LogP contribution >= 0.6 is 0 Å². The Bertz CT molecular complexity index is 838. The highest BCUT2D eigenvalue weighted by molar-refractivity contribution is 6.04. The van der Waals surface area contributed by atoms with Gasteiger partial charge in [0, 0.05) is 22.3 Å². The second kappa shape index (κ2) is 6.94. The zero-order valence-corrected chi connectivity index (χ0v) is 17.6. The summed E-state index contributed by atoms with van der Waals surface area (Å²) in [7, 11) is 0. The van der Waals surface area contributed by atoms with E-state index in [0.29, 0.717) is 19.3 Å². The molecule has 0 aromatic carbocycles. The van der Waals surface area contributed by atoms with Crippen LogP contribution < -0.4 is 0 Å². The normalized spacial score (nSPS) is 46.2. The molecule has 0 saturated heterocycles. The Morgan fingerprint density at radius 1 is 1.30 bits per heavy atom. The fourth-order valence-electron chi connectivity index (χ4n) is 6.64. The molecule has 8 atom stereocenters. The van der Waals surface area contributed by atoms with Crippen molar-refractivity contribution in [1.29, 1.82) is 0 Å². The van der Waals surface area contributed by atoms with Gasteiger partial charge in [-0.05, 0) is 57.9 Å². The standard InChI is InChI=1S/C23H29F3O4/c1-12(11-27)20(29)30-17-5-4-13-14-10-15(24)18-19(25)16(28)6-7-22(18,3)23(14,26)9-8-21(13,17)2/h6-7,12-15,17,27H,4-5,8-11H2,1-3H3/t12?,13-,14-,15-,17+,21-,22-,23+/m0/s1. The van der Waals surface area contributed by atoms with E-state index in [-0.39, 0.29) is 30.9 Å². The molecule has 4 aliphatic carbocycles. The first-order chi connectivity index (χ1) is 14.0. The van der Waals surface area contributed by atoms with E-state index in [1.807, 2.05) is 6.92 Å². The summed E-state index contributed by atoms with van der Waals surface area (Å²) in [4.78, 5) is 24.0. The van der Waals surface area contributed by atoms with E-state index in [2.05, 4.69) is 0 Å². The maximum Gasteiger partial charge on any atom is 0.311 e. The molecule has 0 aromatic rings. The van der Waals surface area contributed by atoms with Gasteiger partial charge in [-0.15, -0.1) is 0 Å². The van der Waals surface area contributed by atoms with Crippen molar-refractivity contribution in [2.45, 2.75) is 70.8 Å². The van der Waals surface area contributed by atoms with Crippen LogP contribution in [0.1, 0.15) is 52.9 Å². The lowest BCUT2D eigenvalue weighted by Crippen LogP contribution is -2.62. The smallest absolute Gasteiger partial charge is 0.311 e. The number of alkyl halides is 2. The van der Waals surface area contributed by atoms with Gasteiger partial charge in [0.2, 0.25) is 5.78 Å². The van der Waals surface area contributed by atoms with E-state index in [1.54, 1.807) is 6.92 Å². The minimum Gasteiger partial charge on any atom is -0.462 e. The third kappa shape index (κ3) is 2.69. The Balaban J connectivity index is 1.67. The fourth-order valence-corrected chi connectivity index (χ4v) is 6.64. The number of allylic oxidation sites excluding steroid dienone is 4. The van der Waals surface area contributed by atoms with Gasteiger partial charge in [-0.25, -0.2) is 13.2 Å². The molecule has 1 N–H and O–H groups in total. The van der Waals surface area contributed by atoms with Gasteiger partial charge < -0.3 is 9.84 Å². The molecule has 7 heteroatoms. The zero-order valence-electron chi connectivity index (χ0n) is 17.6. The SMILES string of the molecule is CC(CO)C(=O)O[C@@H]1CC[C@H]2[C@@H]3C[C@H](F)C4=C(F)C(=O)C=C[C@]4(C)[C@@]3(F)CC[C@]12C. The third-order valence-electron chi connectivity index (χ3n) is 8.58. The molecule has 3 fully saturated rings. The molecule has 4 aliphatic rings. The predicted molar refractivity (Wildman–Crippen MR) is 103 cm³/mol. The topological polar surface area (TPSA) is 63.6 Å². The number of halogens is 3. The molecule has 0 aliphatic heterocycles. The highest BCUT2D eigenvalue weighted by Crippen LogP contribution is 2.68. The second-order valence-corrected chi connectivity index (χ2v) is 10.00. The molecule has 0 bridgehead atoms. The van der Waals surface area contributed by atoms with Crippen molar-refractivity contribution in [1.82, 2.24) is 0 Å². The molecule has 0 radical (unpaired) electrons. The summed E-state index contributed by atoms with van der Waals surface area (Å²) in [5, 5.41) is 9.21. The maximum atomic E-state index is 16.7. The lowest BCUT2D eigenvalue weighted by atomic mass is 9.46. The molecule has 166 valence electrons. The van der Waals surface area contributed by atoms with Crippen LogP contribution in [0.3, 0.4) is 0 Å². The first-order valence-corrected chi connectivity index (χ1v) is 10.8. The van der Waals surface area contributed by atoms with E-state index in [0.717, 1.165) is 6.08 Å². The number of ketones is 1. The summed E-state index contributed by atoms with van der Waals surface area (Å²) in [6.07, 6.45) is 1.69. The quantitative estimate of drug-likeness (QED) is 0.688. The zero-order chi connectivity index (χ0) is 22.1. The first kappa shape index (κ1) is 21.6.